The van der Waals surface area contributed by atoms with E-state index in [0.29, 0.717) is 38.5 Å². The SMILES string of the molecule is C=C1[C@H](C)C[C@@H]2CC[C@@H]3O[C@@H](CCC(=O)C[C@H]4O[C@H]5[C@@H](O)[C@H]6O[C@H](CC[C@@H]6O[C@H]5[C@H]4O)CC(=O)C[C@H]4C(C[C@H]1O2)O[C@H](C[C@H](O)CO)[C@@H]4OC)CC3=O. The molecule has 18 atom stereocenters. The van der Waals surface area contributed by atoms with Crippen molar-refractivity contribution in [3.8, 4) is 0 Å². The van der Waals surface area contributed by atoms with Crippen LogP contribution < -0.4 is 0 Å². The first kappa shape index (κ1) is 39.5. The molecule has 14 heteroatoms. The molecule has 0 aliphatic carbocycles. The Labute approximate surface area is 310 Å². The van der Waals surface area contributed by atoms with Crippen molar-refractivity contribution in [1.29, 1.82) is 0 Å². The molecule has 7 aliphatic rings. The van der Waals surface area contributed by atoms with Crippen molar-refractivity contribution in [2.75, 3.05) is 13.7 Å². The van der Waals surface area contributed by atoms with Gasteiger partial charge in [0.05, 0.1) is 67.6 Å². The van der Waals surface area contributed by atoms with Gasteiger partial charge in [0.15, 0.2) is 5.78 Å². The number of ketones is 3. The van der Waals surface area contributed by atoms with E-state index in [1.807, 2.05) is 0 Å². The van der Waals surface area contributed by atoms with Crippen molar-refractivity contribution in [1.82, 2.24) is 0 Å². The van der Waals surface area contributed by atoms with Gasteiger partial charge in [-0.25, -0.2) is 0 Å². The molecule has 7 aliphatic heterocycles. The van der Waals surface area contributed by atoms with Gasteiger partial charge in [-0.05, 0) is 50.0 Å². The summed E-state index contributed by atoms with van der Waals surface area (Å²) in [5.41, 5.74) is 0.934. The second kappa shape index (κ2) is 16.8. The van der Waals surface area contributed by atoms with Crippen LogP contribution in [0.25, 0.3) is 0 Å². The molecule has 7 heterocycles. The van der Waals surface area contributed by atoms with E-state index in [9.17, 15) is 34.8 Å². The predicted octanol–water partition coefficient (Wildman–Crippen LogP) is 1.28. The van der Waals surface area contributed by atoms with Crippen LogP contribution in [-0.4, -0.2) is 149 Å². The minimum atomic E-state index is -1.13. The minimum absolute atomic E-state index is 0.0120. The van der Waals surface area contributed by atoms with E-state index in [4.69, 9.17) is 33.2 Å². The monoisotopic (exact) mass is 750 g/mol. The second-order valence-electron chi connectivity index (χ2n) is 16.6. The first-order valence-electron chi connectivity index (χ1n) is 19.8. The fourth-order valence-electron chi connectivity index (χ4n) is 10.0. The highest BCUT2D eigenvalue weighted by atomic mass is 16.6. The summed E-state index contributed by atoms with van der Waals surface area (Å²) in [5, 5.41) is 42.5. The largest absolute Gasteiger partial charge is 0.394 e. The third-order valence-electron chi connectivity index (χ3n) is 12.9. The summed E-state index contributed by atoms with van der Waals surface area (Å²) >= 11 is 0. The molecule has 0 radical (unpaired) electrons. The first-order valence-corrected chi connectivity index (χ1v) is 19.8. The number of hydrogen-bond acceptors (Lipinski definition) is 14. The second-order valence-corrected chi connectivity index (χ2v) is 16.6. The average Bonchev–Trinajstić information content (AvgIpc) is 3.76. The van der Waals surface area contributed by atoms with Gasteiger partial charge < -0.3 is 53.6 Å². The summed E-state index contributed by atoms with van der Waals surface area (Å²) in [6.07, 6.45) is -6.21. The van der Waals surface area contributed by atoms with Crippen LogP contribution in [-0.2, 0) is 47.5 Å². The normalized spacial score (nSPS) is 47.7. The van der Waals surface area contributed by atoms with Gasteiger partial charge in [-0.15, -0.1) is 0 Å². The number of ether oxygens (including phenoxy) is 7. The summed E-state index contributed by atoms with van der Waals surface area (Å²) in [6.45, 7) is 6.05. The lowest BCUT2D eigenvalue weighted by Crippen LogP contribution is -2.61. The van der Waals surface area contributed by atoms with Crippen molar-refractivity contribution in [3.05, 3.63) is 12.2 Å². The number of carbonyl (C=O) groups is 3. The molecule has 8 bridgehead atoms. The molecule has 0 amide bonds. The van der Waals surface area contributed by atoms with Crippen molar-refractivity contribution >= 4 is 17.3 Å². The van der Waals surface area contributed by atoms with Gasteiger partial charge in [0.1, 0.15) is 48.2 Å². The van der Waals surface area contributed by atoms with Crippen LogP contribution in [0.1, 0.15) is 90.4 Å². The Balaban J connectivity index is 1.11. The Hall–Kier alpha value is -1.69. The highest BCUT2D eigenvalue weighted by molar-refractivity contribution is 5.85. The molecule has 7 saturated heterocycles. The van der Waals surface area contributed by atoms with E-state index in [-0.39, 0.29) is 86.0 Å². The molecule has 7 fully saturated rings. The minimum Gasteiger partial charge on any atom is -0.394 e. The zero-order valence-electron chi connectivity index (χ0n) is 30.9. The topological polar surface area (TPSA) is 197 Å². The highest BCUT2D eigenvalue weighted by Crippen LogP contribution is 2.43. The van der Waals surface area contributed by atoms with Gasteiger partial charge in [0, 0.05) is 58.0 Å². The molecule has 0 spiro atoms. The van der Waals surface area contributed by atoms with Crippen LogP contribution in [0.3, 0.4) is 0 Å². The maximum atomic E-state index is 13.9. The first-order chi connectivity index (χ1) is 25.4. The summed E-state index contributed by atoms with van der Waals surface area (Å²) in [5.74, 6) is -0.410. The maximum Gasteiger partial charge on any atom is 0.164 e. The number of aliphatic hydroxyl groups excluding tert-OH is 4. The molecule has 14 nitrogen and oxygen atoms in total. The fourth-order valence-corrected chi connectivity index (χ4v) is 10.0. The zero-order valence-corrected chi connectivity index (χ0v) is 30.9. The Morgan fingerprint density at radius 3 is 2.23 bits per heavy atom. The van der Waals surface area contributed by atoms with E-state index in [1.165, 1.54) is 0 Å². The molecule has 7 rings (SSSR count). The third kappa shape index (κ3) is 8.53. The summed E-state index contributed by atoms with van der Waals surface area (Å²) < 4.78 is 43.8. The predicted molar refractivity (Wildman–Crippen MR) is 185 cm³/mol. The molecular formula is C39H58O14. The zero-order chi connectivity index (χ0) is 37.6. The standard InChI is InChI=1S/C39H58O14/c1-18-10-23-6-8-28-27(44)15-25(48-28)5-4-20(41)13-32-34(45)38-39(53-32)35(46)37-29(52-38)9-7-24(50-37)11-21(42)12-26-31(16-30(49-23)19(18)2)51-33(36(26)47-3)14-22(43)17-40/h18,22-26,28-40,43,45-46H,2,4-17H2,1,3H3/t18-,22+,23+,24-,25+,26+,28+,29+,30-,31?,32-,33-,34+,35+,36-,37+,38+,39+/m1/s1. The van der Waals surface area contributed by atoms with Crippen molar-refractivity contribution in [2.24, 2.45) is 11.8 Å². The summed E-state index contributed by atoms with van der Waals surface area (Å²) in [4.78, 5) is 39.9. The van der Waals surface area contributed by atoms with Gasteiger partial charge >= 0.3 is 0 Å². The van der Waals surface area contributed by atoms with Gasteiger partial charge in [-0.3, -0.25) is 14.4 Å². The number of carbonyl (C=O) groups excluding carboxylic acids is 3. The van der Waals surface area contributed by atoms with Gasteiger partial charge in [0.25, 0.3) is 0 Å². The number of hydrogen-bond donors (Lipinski definition) is 4. The number of aliphatic hydroxyl groups is 4. The van der Waals surface area contributed by atoms with Crippen LogP contribution in [0.5, 0.6) is 0 Å². The molecule has 298 valence electrons. The van der Waals surface area contributed by atoms with E-state index >= 15 is 0 Å². The van der Waals surface area contributed by atoms with Crippen LogP contribution in [0.15, 0.2) is 12.2 Å². The van der Waals surface area contributed by atoms with Crippen molar-refractivity contribution < 1.29 is 68.0 Å². The number of rotatable bonds is 4. The molecule has 0 saturated carbocycles. The van der Waals surface area contributed by atoms with Crippen LogP contribution in [0.2, 0.25) is 0 Å². The number of methoxy groups -OCH3 is 1. The van der Waals surface area contributed by atoms with E-state index in [1.54, 1.807) is 7.11 Å². The van der Waals surface area contributed by atoms with Crippen LogP contribution in [0.4, 0.5) is 0 Å². The number of Topliss-reactive ketones (excluding diaryl/α,β-unsaturated/α-hetero) is 3. The van der Waals surface area contributed by atoms with E-state index < -0.39 is 86.0 Å². The van der Waals surface area contributed by atoms with Crippen LogP contribution in [0, 0.1) is 11.8 Å². The lowest BCUT2D eigenvalue weighted by atomic mass is 9.81. The molecule has 53 heavy (non-hydrogen) atoms. The lowest BCUT2D eigenvalue weighted by molar-refractivity contribution is -0.259. The Morgan fingerprint density at radius 1 is 0.736 bits per heavy atom. The van der Waals surface area contributed by atoms with Gasteiger partial charge in [-0.1, -0.05) is 13.5 Å². The van der Waals surface area contributed by atoms with Crippen molar-refractivity contribution in [2.45, 2.75) is 188 Å². The Morgan fingerprint density at radius 2 is 1.45 bits per heavy atom. The van der Waals surface area contributed by atoms with E-state index in [0.717, 1.165) is 12.0 Å². The summed E-state index contributed by atoms with van der Waals surface area (Å²) in [6, 6.07) is 0. The highest BCUT2D eigenvalue weighted by Gasteiger charge is 2.57. The Kier molecular flexibility index (Phi) is 12.5. The van der Waals surface area contributed by atoms with Gasteiger partial charge in [0.2, 0.25) is 0 Å². The van der Waals surface area contributed by atoms with Crippen molar-refractivity contribution in [3.63, 3.8) is 0 Å². The third-order valence-corrected chi connectivity index (χ3v) is 12.9. The molecule has 0 aromatic rings. The molecule has 1 unspecified atom stereocenters. The lowest BCUT2D eigenvalue weighted by Gasteiger charge is -2.46. The number of fused-ring (bicyclic) bond motifs is 7. The summed E-state index contributed by atoms with van der Waals surface area (Å²) in [7, 11) is 1.56. The quantitative estimate of drug-likeness (QED) is 0.300. The fraction of sp³-hybridized carbons (Fsp3) is 0.872. The molecular weight excluding hydrogens is 692 g/mol. The average molecular weight is 751 g/mol. The van der Waals surface area contributed by atoms with Crippen LogP contribution >= 0.6 is 0 Å². The molecule has 0 aromatic carbocycles. The smallest absolute Gasteiger partial charge is 0.164 e. The maximum absolute atomic E-state index is 13.9. The molecule has 0 aromatic heterocycles. The molecule has 4 N–H and O–H groups in total. The van der Waals surface area contributed by atoms with E-state index in [2.05, 4.69) is 13.5 Å². The Bertz CT molecular complexity index is 1340. The van der Waals surface area contributed by atoms with Gasteiger partial charge in [-0.2, -0.15) is 0 Å².